The molecule has 0 amide bonds. The number of ether oxygens (including phenoxy) is 1. The van der Waals surface area contributed by atoms with Crippen molar-refractivity contribution in [1.82, 2.24) is 10.2 Å². The van der Waals surface area contributed by atoms with Crippen molar-refractivity contribution in [2.45, 2.75) is 12.6 Å². The van der Waals surface area contributed by atoms with E-state index in [4.69, 9.17) is 4.74 Å². The largest absolute Gasteiger partial charge is 0.488 e. The van der Waals surface area contributed by atoms with Crippen molar-refractivity contribution < 1.29 is 4.74 Å². The molecule has 1 heterocycles. The summed E-state index contributed by atoms with van der Waals surface area (Å²) in [7, 11) is 4.15. The van der Waals surface area contributed by atoms with E-state index in [9.17, 15) is 0 Å². The van der Waals surface area contributed by atoms with E-state index in [1.54, 1.807) is 0 Å². The van der Waals surface area contributed by atoms with Gasteiger partial charge < -0.3 is 15.0 Å². The number of nitrogens with one attached hydrogen (secondary N) is 1. The van der Waals surface area contributed by atoms with Crippen LogP contribution in [0, 0.1) is 0 Å². The molecule has 3 nitrogen and oxygen atoms in total. The van der Waals surface area contributed by atoms with Gasteiger partial charge in [0, 0.05) is 19.6 Å². The lowest BCUT2D eigenvalue weighted by Gasteiger charge is -2.28. The molecule has 1 aliphatic rings. The Morgan fingerprint density at radius 2 is 2.20 bits per heavy atom. The van der Waals surface area contributed by atoms with Crippen LogP contribution >= 0.6 is 0 Å². The van der Waals surface area contributed by atoms with Crippen LogP contribution < -0.4 is 10.1 Å². The van der Waals surface area contributed by atoms with Crippen LogP contribution in [0.15, 0.2) is 24.3 Å². The Morgan fingerprint density at radius 3 is 2.80 bits per heavy atom. The van der Waals surface area contributed by atoms with Crippen molar-refractivity contribution in [3.8, 4) is 5.75 Å². The molecule has 0 spiro atoms. The summed E-state index contributed by atoms with van der Waals surface area (Å²) in [5.74, 6) is 0.987. The fourth-order valence-corrected chi connectivity index (χ4v) is 1.62. The standard InChI is InChI=1S/C12H18N2O/c1-14(2)9-10-4-3-5-11(6-10)15-12-7-13-8-12/h3-6,12-13H,7-9H2,1-2H3. The molecule has 2 rings (SSSR count). The van der Waals surface area contributed by atoms with Gasteiger partial charge >= 0.3 is 0 Å². The average molecular weight is 206 g/mol. The average Bonchev–Trinajstić information content (AvgIpc) is 2.11. The van der Waals surface area contributed by atoms with E-state index in [0.717, 1.165) is 25.4 Å². The van der Waals surface area contributed by atoms with Gasteiger partial charge in [0.25, 0.3) is 0 Å². The maximum absolute atomic E-state index is 5.79. The Kier molecular flexibility index (Phi) is 3.23. The van der Waals surface area contributed by atoms with Gasteiger partial charge in [0.15, 0.2) is 0 Å². The lowest BCUT2D eigenvalue weighted by molar-refractivity contribution is 0.142. The van der Waals surface area contributed by atoms with E-state index in [1.807, 2.05) is 6.07 Å². The number of rotatable bonds is 4. The fraction of sp³-hybridized carbons (Fsp3) is 0.500. The lowest BCUT2D eigenvalue weighted by Crippen LogP contribution is -2.50. The molecule has 0 atom stereocenters. The van der Waals surface area contributed by atoms with Crippen LogP contribution in [0.25, 0.3) is 0 Å². The Morgan fingerprint density at radius 1 is 1.40 bits per heavy atom. The van der Waals surface area contributed by atoms with E-state index < -0.39 is 0 Å². The molecule has 3 heteroatoms. The number of nitrogens with zero attached hydrogens (tertiary/aromatic N) is 1. The molecule has 1 saturated heterocycles. The fourth-order valence-electron chi connectivity index (χ4n) is 1.62. The highest BCUT2D eigenvalue weighted by Crippen LogP contribution is 2.16. The maximum Gasteiger partial charge on any atom is 0.123 e. The topological polar surface area (TPSA) is 24.5 Å². The summed E-state index contributed by atoms with van der Waals surface area (Å²) in [6, 6.07) is 8.34. The smallest absolute Gasteiger partial charge is 0.123 e. The molecule has 0 saturated carbocycles. The zero-order valence-corrected chi connectivity index (χ0v) is 9.36. The van der Waals surface area contributed by atoms with Gasteiger partial charge in [0.05, 0.1) is 0 Å². The second-order valence-electron chi connectivity index (χ2n) is 4.28. The van der Waals surface area contributed by atoms with Crippen molar-refractivity contribution in [2.75, 3.05) is 27.2 Å². The van der Waals surface area contributed by atoms with Crippen LogP contribution in [0.1, 0.15) is 5.56 Å². The molecule has 0 unspecified atom stereocenters. The molecule has 1 aromatic carbocycles. The van der Waals surface area contributed by atoms with Gasteiger partial charge in [0.1, 0.15) is 11.9 Å². The molecule has 15 heavy (non-hydrogen) atoms. The van der Waals surface area contributed by atoms with Crippen LogP contribution in [0.5, 0.6) is 5.75 Å². The number of hydrogen-bond acceptors (Lipinski definition) is 3. The number of benzene rings is 1. The molecule has 82 valence electrons. The van der Waals surface area contributed by atoms with E-state index in [-0.39, 0.29) is 0 Å². The molecule has 1 aromatic rings. The Balaban J connectivity index is 1.98. The summed E-state index contributed by atoms with van der Waals surface area (Å²) in [6.45, 7) is 2.90. The third-order valence-corrected chi connectivity index (χ3v) is 2.44. The normalized spacial score (nSPS) is 16.5. The third kappa shape index (κ3) is 2.94. The van der Waals surface area contributed by atoms with Crippen LogP contribution in [0.3, 0.4) is 0 Å². The van der Waals surface area contributed by atoms with E-state index in [1.165, 1.54) is 5.56 Å². The van der Waals surface area contributed by atoms with Gasteiger partial charge in [-0.15, -0.1) is 0 Å². The van der Waals surface area contributed by atoms with Crippen LogP contribution in [0.4, 0.5) is 0 Å². The molecule has 0 bridgehead atoms. The molecular formula is C12H18N2O. The molecule has 0 aliphatic carbocycles. The van der Waals surface area contributed by atoms with Gasteiger partial charge in [-0.2, -0.15) is 0 Å². The molecule has 0 aromatic heterocycles. The molecule has 1 aliphatic heterocycles. The van der Waals surface area contributed by atoms with E-state index in [0.29, 0.717) is 6.10 Å². The molecular weight excluding hydrogens is 188 g/mol. The van der Waals surface area contributed by atoms with Crippen LogP contribution in [-0.2, 0) is 6.54 Å². The van der Waals surface area contributed by atoms with Gasteiger partial charge in [0.2, 0.25) is 0 Å². The third-order valence-electron chi connectivity index (χ3n) is 2.44. The Hall–Kier alpha value is -1.06. The van der Waals surface area contributed by atoms with Gasteiger partial charge in [-0.1, -0.05) is 12.1 Å². The molecule has 1 N–H and O–H groups in total. The van der Waals surface area contributed by atoms with Crippen molar-refractivity contribution in [1.29, 1.82) is 0 Å². The minimum atomic E-state index is 0.361. The van der Waals surface area contributed by atoms with E-state index in [2.05, 4.69) is 42.5 Å². The molecule has 1 fully saturated rings. The number of hydrogen-bond donors (Lipinski definition) is 1. The second kappa shape index (κ2) is 4.64. The summed E-state index contributed by atoms with van der Waals surface area (Å²) in [4.78, 5) is 2.16. The summed E-state index contributed by atoms with van der Waals surface area (Å²) in [5.41, 5.74) is 1.30. The van der Waals surface area contributed by atoms with Gasteiger partial charge in [-0.3, -0.25) is 0 Å². The van der Waals surface area contributed by atoms with Gasteiger partial charge in [-0.25, -0.2) is 0 Å². The quantitative estimate of drug-likeness (QED) is 0.798. The lowest BCUT2D eigenvalue weighted by atomic mass is 10.2. The predicted molar refractivity (Wildman–Crippen MR) is 61.1 cm³/mol. The first kappa shape index (κ1) is 10.5. The SMILES string of the molecule is CN(C)Cc1cccc(OC2CNC2)c1. The van der Waals surface area contributed by atoms with E-state index >= 15 is 0 Å². The first-order valence-electron chi connectivity index (χ1n) is 5.35. The first-order chi connectivity index (χ1) is 7.24. The summed E-state index contributed by atoms with van der Waals surface area (Å²) in [6.07, 6.45) is 0.361. The summed E-state index contributed by atoms with van der Waals surface area (Å²) in [5, 5.41) is 3.20. The summed E-state index contributed by atoms with van der Waals surface area (Å²) < 4.78 is 5.79. The van der Waals surface area contributed by atoms with Crippen molar-refractivity contribution in [3.05, 3.63) is 29.8 Å². The first-order valence-corrected chi connectivity index (χ1v) is 5.35. The minimum Gasteiger partial charge on any atom is -0.488 e. The van der Waals surface area contributed by atoms with Crippen LogP contribution in [-0.4, -0.2) is 38.2 Å². The van der Waals surface area contributed by atoms with Crippen molar-refractivity contribution in [3.63, 3.8) is 0 Å². The highest BCUT2D eigenvalue weighted by atomic mass is 16.5. The highest BCUT2D eigenvalue weighted by Gasteiger charge is 2.18. The zero-order chi connectivity index (χ0) is 10.7. The molecule has 0 radical (unpaired) electrons. The van der Waals surface area contributed by atoms with Crippen molar-refractivity contribution >= 4 is 0 Å². The monoisotopic (exact) mass is 206 g/mol. The Labute approximate surface area is 91.0 Å². The zero-order valence-electron chi connectivity index (χ0n) is 9.36. The van der Waals surface area contributed by atoms with Crippen LogP contribution in [0.2, 0.25) is 0 Å². The maximum atomic E-state index is 5.79. The Bertz CT molecular complexity index is 321. The van der Waals surface area contributed by atoms with Crippen molar-refractivity contribution in [2.24, 2.45) is 0 Å². The van der Waals surface area contributed by atoms with Gasteiger partial charge in [-0.05, 0) is 31.8 Å². The highest BCUT2D eigenvalue weighted by molar-refractivity contribution is 5.28. The second-order valence-corrected chi connectivity index (χ2v) is 4.28. The summed E-state index contributed by atoms with van der Waals surface area (Å²) >= 11 is 0. The minimum absolute atomic E-state index is 0.361. The predicted octanol–water partition coefficient (Wildman–Crippen LogP) is 1.10.